The van der Waals surface area contributed by atoms with Gasteiger partial charge >= 0.3 is 0 Å². The van der Waals surface area contributed by atoms with Crippen molar-refractivity contribution in [3.05, 3.63) is 81.9 Å². The lowest BCUT2D eigenvalue weighted by Gasteiger charge is -2.14. The highest BCUT2D eigenvalue weighted by Crippen LogP contribution is 2.18. The van der Waals surface area contributed by atoms with Crippen LogP contribution in [0.15, 0.2) is 59.7 Å². The predicted molar refractivity (Wildman–Crippen MR) is 101 cm³/mol. The van der Waals surface area contributed by atoms with Gasteiger partial charge in [-0.2, -0.15) is 4.68 Å². The van der Waals surface area contributed by atoms with Crippen LogP contribution in [0.1, 0.15) is 29.7 Å². The van der Waals surface area contributed by atoms with E-state index in [0.717, 1.165) is 22.4 Å². The number of nitrogens with zero attached hydrogens (tertiary/aromatic N) is 5. The van der Waals surface area contributed by atoms with Crippen LogP contribution in [0.3, 0.4) is 0 Å². The summed E-state index contributed by atoms with van der Waals surface area (Å²) in [6.07, 6.45) is 1.57. The summed E-state index contributed by atoms with van der Waals surface area (Å²) in [6, 6.07) is 15.8. The highest BCUT2D eigenvalue weighted by Gasteiger charge is 2.17. The molecule has 130 valence electrons. The standard InChI is InChI=1S/C20H19N5O/c1-13-9-14(2)11-17(10-13)25-19-18(22-23-25)20(26)24(12-21-19)15(3)16-7-5-4-6-8-16/h4-12,15H,1-3H3. The third-order valence-corrected chi connectivity index (χ3v) is 4.54. The Kier molecular flexibility index (Phi) is 3.88. The van der Waals surface area contributed by atoms with E-state index in [0.29, 0.717) is 5.65 Å². The van der Waals surface area contributed by atoms with Crippen molar-refractivity contribution >= 4 is 11.2 Å². The minimum absolute atomic E-state index is 0.132. The Balaban J connectivity index is 1.85. The Morgan fingerprint density at radius 2 is 1.69 bits per heavy atom. The van der Waals surface area contributed by atoms with Gasteiger partial charge in [-0.3, -0.25) is 9.36 Å². The van der Waals surface area contributed by atoms with Crippen LogP contribution in [-0.2, 0) is 0 Å². The lowest BCUT2D eigenvalue weighted by Crippen LogP contribution is -2.24. The Morgan fingerprint density at radius 3 is 2.38 bits per heavy atom. The molecule has 2 heterocycles. The van der Waals surface area contributed by atoms with E-state index in [-0.39, 0.29) is 17.1 Å². The zero-order valence-electron chi connectivity index (χ0n) is 14.9. The fraction of sp³-hybridized carbons (Fsp3) is 0.200. The molecule has 0 amide bonds. The van der Waals surface area contributed by atoms with Gasteiger partial charge in [0.05, 0.1) is 11.7 Å². The van der Waals surface area contributed by atoms with E-state index in [9.17, 15) is 4.79 Å². The number of aryl methyl sites for hydroxylation is 2. The van der Waals surface area contributed by atoms with Crippen molar-refractivity contribution in [1.82, 2.24) is 24.5 Å². The van der Waals surface area contributed by atoms with Crippen molar-refractivity contribution in [2.75, 3.05) is 0 Å². The molecule has 1 atom stereocenters. The van der Waals surface area contributed by atoms with Gasteiger partial charge in [-0.05, 0) is 49.6 Å². The molecule has 4 rings (SSSR count). The zero-order chi connectivity index (χ0) is 18.3. The van der Waals surface area contributed by atoms with E-state index in [1.807, 2.05) is 63.2 Å². The first-order valence-electron chi connectivity index (χ1n) is 8.51. The summed E-state index contributed by atoms with van der Waals surface area (Å²) in [4.78, 5) is 17.4. The van der Waals surface area contributed by atoms with Crippen LogP contribution in [0, 0.1) is 13.8 Å². The fourth-order valence-corrected chi connectivity index (χ4v) is 3.24. The van der Waals surface area contributed by atoms with Crippen molar-refractivity contribution in [3.8, 4) is 5.69 Å². The zero-order valence-corrected chi connectivity index (χ0v) is 14.9. The molecule has 0 N–H and O–H groups in total. The van der Waals surface area contributed by atoms with Gasteiger partial charge in [0.25, 0.3) is 5.56 Å². The monoisotopic (exact) mass is 345 g/mol. The first-order chi connectivity index (χ1) is 12.5. The molecule has 0 saturated carbocycles. The molecule has 2 aromatic heterocycles. The second kappa shape index (κ2) is 6.22. The molecule has 0 spiro atoms. The Hall–Kier alpha value is -3.28. The van der Waals surface area contributed by atoms with Gasteiger partial charge in [0.1, 0.15) is 6.33 Å². The maximum absolute atomic E-state index is 12.9. The third-order valence-electron chi connectivity index (χ3n) is 4.54. The molecule has 0 radical (unpaired) electrons. The lowest BCUT2D eigenvalue weighted by atomic mass is 10.1. The van der Waals surface area contributed by atoms with E-state index in [4.69, 9.17) is 0 Å². The summed E-state index contributed by atoms with van der Waals surface area (Å²) in [5, 5.41) is 8.28. The van der Waals surface area contributed by atoms with Crippen molar-refractivity contribution in [3.63, 3.8) is 0 Å². The molecule has 0 aliphatic rings. The second-order valence-electron chi connectivity index (χ2n) is 6.56. The maximum Gasteiger partial charge on any atom is 0.284 e. The van der Waals surface area contributed by atoms with Crippen molar-refractivity contribution < 1.29 is 0 Å². The van der Waals surface area contributed by atoms with Crippen molar-refractivity contribution in [2.24, 2.45) is 0 Å². The van der Waals surface area contributed by atoms with Crippen LogP contribution < -0.4 is 5.56 Å². The summed E-state index contributed by atoms with van der Waals surface area (Å²) >= 11 is 0. The summed E-state index contributed by atoms with van der Waals surface area (Å²) in [7, 11) is 0. The predicted octanol–water partition coefficient (Wildman–Crippen LogP) is 3.20. The van der Waals surface area contributed by atoms with Gasteiger partial charge < -0.3 is 0 Å². The van der Waals surface area contributed by atoms with Gasteiger partial charge in [0.2, 0.25) is 0 Å². The normalized spacial score (nSPS) is 12.4. The molecule has 2 aromatic carbocycles. The Labute approximate surface area is 150 Å². The van der Waals surface area contributed by atoms with Gasteiger partial charge in [0.15, 0.2) is 11.2 Å². The fourth-order valence-electron chi connectivity index (χ4n) is 3.24. The molecule has 0 fully saturated rings. The molecule has 4 aromatic rings. The first-order valence-corrected chi connectivity index (χ1v) is 8.51. The van der Waals surface area contributed by atoms with Gasteiger partial charge in [0, 0.05) is 0 Å². The quantitative estimate of drug-likeness (QED) is 0.572. The SMILES string of the molecule is Cc1cc(C)cc(-n2nnc3c(=O)n(C(C)c4ccccc4)cnc32)c1. The van der Waals surface area contributed by atoms with Crippen LogP contribution >= 0.6 is 0 Å². The van der Waals surface area contributed by atoms with E-state index < -0.39 is 0 Å². The number of hydrogen-bond donors (Lipinski definition) is 0. The maximum atomic E-state index is 12.9. The molecular formula is C20H19N5O. The minimum atomic E-state index is -0.193. The minimum Gasteiger partial charge on any atom is -0.290 e. The highest BCUT2D eigenvalue weighted by molar-refractivity contribution is 5.70. The van der Waals surface area contributed by atoms with E-state index >= 15 is 0 Å². The molecule has 6 heteroatoms. The smallest absolute Gasteiger partial charge is 0.284 e. The number of fused-ring (bicyclic) bond motifs is 1. The highest BCUT2D eigenvalue weighted by atomic mass is 16.1. The lowest BCUT2D eigenvalue weighted by molar-refractivity contribution is 0.607. The van der Waals surface area contributed by atoms with Crippen LogP contribution in [0.4, 0.5) is 0 Å². The topological polar surface area (TPSA) is 65.6 Å². The molecule has 26 heavy (non-hydrogen) atoms. The molecule has 0 saturated heterocycles. The summed E-state index contributed by atoms with van der Waals surface area (Å²) < 4.78 is 3.21. The van der Waals surface area contributed by atoms with Crippen molar-refractivity contribution in [1.29, 1.82) is 0 Å². The number of hydrogen-bond acceptors (Lipinski definition) is 4. The van der Waals surface area contributed by atoms with Crippen LogP contribution in [0.2, 0.25) is 0 Å². The van der Waals surface area contributed by atoms with E-state index in [2.05, 4.69) is 21.4 Å². The van der Waals surface area contributed by atoms with Gasteiger partial charge in [-0.25, -0.2) is 4.98 Å². The number of aromatic nitrogens is 5. The number of benzene rings is 2. The van der Waals surface area contributed by atoms with Crippen LogP contribution in [0.25, 0.3) is 16.9 Å². The Morgan fingerprint density at radius 1 is 1.00 bits per heavy atom. The molecule has 6 nitrogen and oxygen atoms in total. The summed E-state index contributed by atoms with van der Waals surface area (Å²) in [6.45, 7) is 6.02. The molecular weight excluding hydrogens is 326 g/mol. The molecule has 1 unspecified atom stereocenters. The van der Waals surface area contributed by atoms with Crippen molar-refractivity contribution in [2.45, 2.75) is 26.8 Å². The molecule has 0 aliphatic carbocycles. The first kappa shape index (κ1) is 16.2. The average molecular weight is 345 g/mol. The van der Waals surface area contributed by atoms with Gasteiger partial charge in [-0.1, -0.05) is 41.6 Å². The molecule has 0 aliphatic heterocycles. The Bertz CT molecular complexity index is 1120. The van der Waals surface area contributed by atoms with E-state index in [1.54, 1.807) is 15.6 Å². The van der Waals surface area contributed by atoms with E-state index in [1.165, 1.54) is 0 Å². The third kappa shape index (κ3) is 2.69. The average Bonchev–Trinajstić information content (AvgIpc) is 3.06. The second-order valence-corrected chi connectivity index (χ2v) is 6.56. The van der Waals surface area contributed by atoms with Gasteiger partial charge in [-0.15, -0.1) is 5.10 Å². The van der Waals surface area contributed by atoms with Crippen LogP contribution in [0.5, 0.6) is 0 Å². The number of rotatable bonds is 3. The largest absolute Gasteiger partial charge is 0.290 e. The molecule has 0 bridgehead atoms. The van der Waals surface area contributed by atoms with Crippen LogP contribution in [-0.4, -0.2) is 24.5 Å². The summed E-state index contributed by atoms with van der Waals surface area (Å²) in [5.41, 5.74) is 4.68. The summed E-state index contributed by atoms with van der Waals surface area (Å²) in [5.74, 6) is 0.